The predicted molar refractivity (Wildman–Crippen MR) is 81.6 cm³/mol. The van der Waals surface area contributed by atoms with E-state index in [1.165, 1.54) is 11.3 Å². The third kappa shape index (κ3) is 2.96. The van der Waals surface area contributed by atoms with Gasteiger partial charge in [0.05, 0.1) is 23.0 Å². The minimum absolute atomic E-state index is 0.0345. The van der Waals surface area contributed by atoms with Crippen LogP contribution in [0.2, 0.25) is 0 Å². The van der Waals surface area contributed by atoms with Crippen LogP contribution in [0.25, 0.3) is 10.2 Å². The molecule has 3 aromatic heterocycles. The van der Waals surface area contributed by atoms with E-state index in [-0.39, 0.29) is 11.3 Å². The Kier molecular flexibility index (Phi) is 3.61. The van der Waals surface area contributed by atoms with Gasteiger partial charge in [-0.25, -0.2) is 4.98 Å². The van der Waals surface area contributed by atoms with E-state index in [9.17, 15) is 4.79 Å². The van der Waals surface area contributed by atoms with Crippen LogP contribution in [0.4, 0.5) is 0 Å². The first-order chi connectivity index (χ1) is 10.4. The lowest BCUT2D eigenvalue weighted by Gasteiger charge is -2.10. The molecule has 0 aliphatic heterocycles. The molecule has 0 aliphatic carbocycles. The molecule has 3 rings (SSSR count). The van der Waals surface area contributed by atoms with Crippen LogP contribution in [0.5, 0.6) is 0 Å². The third-order valence-electron chi connectivity index (χ3n) is 2.90. The molecule has 0 atom stereocenters. The van der Waals surface area contributed by atoms with Crippen molar-refractivity contribution in [2.75, 3.05) is 0 Å². The van der Waals surface area contributed by atoms with E-state index in [1.54, 1.807) is 12.4 Å². The number of hydrogen-bond donors (Lipinski definition) is 1. The molecule has 0 spiro atoms. The third-order valence-corrected chi connectivity index (χ3v) is 3.93. The molecule has 114 valence electrons. The Hall–Kier alpha value is -2.35. The molecule has 0 radical (unpaired) electrons. The summed E-state index contributed by atoms with van der Waals surface area (Å²) < 4.78 is 6.43. The van der Waals surface area contributed by atoms with Crippen LogP contribution in [0.1, 0.15) is 42.4 Å². The van der Waals surface area contributed by atoms with Gasteiger partial charge in [0.25, 0.3) is 0 Å². The number of thiazole rings is 1. The molecular formula is C14H15N5O2S. The standard InChI is InChI=1S/C14H15N5O2S/c1-14(2,3)13-19-18-12(21-13)11(20)16-7-10-17-8-6-15-5-4-9(8)22-10/h4-6H,7H2,1-3H3,(H,16,20). The maximum atomic E-state index is 12.0. The summed E-state index contributed by atoms with van der Waals surface area (Å²) in [6, 6.07) is 1.89. The molecule has 0 fully saturated rings. The minimum Gasteiger partial charge on any atom is -0.416 e. The van der Waals surface area contributed by atoms with Crippen molar-refractivity contribution in [3.63, 3.8) is 0 Å². The molecule has 7 nitrogen and oxygen atoms in total. The van der Waals surface area contributed by atoms with Gasteiger partial charge in [-0.05, 0) is 6.07 Å². The van der Waals surface area contributed by atoms with Crippen LogP contribution in [-0.2, 0) is 12.0 Å². The Bertz CT molecular complexity index is 785. The van der Waals surface area contributed by atoms with Crippen LogP contribution < -0.4 is 5.32 Å². The number of rotatable bonds is 3. The van der Waals surface area contributed by atoms with Gasteiger partial charge in [-0.15, -0.1) is 21.5 Å². The summed E-state index contributed by atoms with van der Waals surface area (Å²) >= 11 is 1.51. The highest BCUT2D eigenvalue weighted by molar-refractivity contribution is 7.18. The summed E-state index contributed by atoms with van der Waals surface area (Å²) in [6.07, 6.45) is 3.42. The number of carbonyl (C=O) groups excluding carboxylic acids is 1. The lowest BCUT2D eigenvalue weighted by Crippen LogP contribution is -2.23. The first-order valence-corrected chi connectivity index (χ1v) is 7.57. The van der Waals surface area contributed by atoms with Gasteiger partial charge >= 0.3 is 11.8 Å². The van der Waals surface area contributed by atoms with Gasteiger partial charge in [-0.1, -0.05) is 20.8 Å². The number of pyridine rings is 1. The maximum absolute atomic E-state index is 12.0. The van der Waals surface area contributed by atoms with Crippen molar-refractivity contribution in [1.29, 1.82) is 0 Å². The second kappa shape index (κ2) is 5.45. The molecule has 3 heterocycles. The van der Waals surface area contributed by atoms with E-state index in [2.05, 4.69) is 25.5 Å². The lowest BCUT2D eigenvalue weighted by molar-refractivity contribution is 0.0912. The number of amides is 1. The van der Waals surface area contributed by atoms with Gasteiger partial charge < -0.3 is 9.73 Å². The van der Waals surface area contributed by atoms with Crippen molar-refractivity contribution in [1.82, 2.24) is 25.5 Å². The Balaban J connectivity index is 1.68. The largest absolute Gasteiger partial charge is 0.416 e. The number of carbonyl (C=O) groups is 1. The first-order valence-electron chi connectivity index (χ1n) is 6.75. The predicted octanol–water partition coefficient (Wildman–Crippen LogP) is 2.30. The monoisotopic (exact) mass is 317 g/mol. The highest BCUT2D eigenvalue weighted by atomic mass is 32.1. The summed E-state index contributed by atoms with van der Waals surface area (Å²) in [5.41, 5.74) is 0.538. The first kappa shape index (κ1) is 14.6. The van der Waals surface area contributed by atoms with Crippen LogP contribution in [-0.4, -0.2) is 26.1 Å². The molecule has 1 amide bonds. The van der Waals surface area contributed by atoms with Gasteiger partial charge in [0.15, 0.2) is 0 Å². The van der Waals surface area contributed by atoms with Crippen molar-refractivity contribution in [3.8, 4) is 0 Å². The maximum Gasteiger partial charge on any atom is 0.309 e. The average molecular weight is 317 g/mol. The Morgan fingerprint density at radius 2 is 2.18 bits per heavy atom. The summed E-state index contributed by atoms with van der Waals surface area (Å²) in [6.45, 7) is 6.14. The second-order valence-electron chi connectivity index (χ2n) is 5.80. The zero-order valence-corrected chi connectivity index (χ0v) is 13.3. The minimum atomic E-state index is -0.402. The van der Waals surface area contributed by atoms with E-state index >= 15 is 0 Å². The fourth-order valence-corrected chi connectivity index (χ4v) is 2.63. The normalized spacial score (nSPS) is 11.8. The number of nitrogens with one attached hydrogen (secondary N) is 1. The lowest BCUT2D eigenvalue weighted by atomic mass is 9.97. The van der Waals surface area contributed by atoms with Gasteiger partial charge in [0.1, 0.15) is 5.01 Å². The number of aromatic nitrogens is 4. The van der Waals surface area contributed by atoms with Gasteiger partial charge in [0, 0.05) is 11.6 Å². The quantitative estimate of drug-likeness (QED) is 0.796. The zero-order valence-electron chi connectivity index (χ0n) is 12.5. The molecule has 3 aromatic rings. The van der Waals surface area contributed by atoms with E-state index in [0.29, 0.717) is 12.4 Å². The molecule has 0 saturated heterocycles. The Morgan fingerprint density at radius 3 is 2.86 bits per heavy atom. The van der Waals surface area contributed by atoms with Crippen LogP contribution in [0.3, 0.4) is 0 Å². The molecule has 8 heteroatoms. The topological polar surface area (TPSA) is 93.8 Å². The van der Waals surface area contributed by atoms with E-state index < -0.39 is 5.91 Å². The molecule has 0 aromatic carbocycles. The smallest absolute Gasteiger partial charge is 0.309 e. The SMILES string of the molecule is CC(C)(C)c1nnc(C(=O)NCc2nc3cnccc3s2)o1. The molecule has 0 unspecified atom stereocenters. The highest BCUT2D eigenvalue weighted by Gasteiger charge is 2.23. The van der Waals surface area contributed by atoms with E-state index in [4.69, 9.17) is 4.42 Å². The van der Waals surface area contributed by atoms with E-state index in [1.807, 2.05) is 26.8 Å². The fourth-order valence-electron chi connectivity index (χ4n) is 1.75. The van der Waals surface area contributed by atoms with E-state index in [0.717, 1.165) is 15.2 Å². The van der Waals surface area contributed by atoms with Crippen molar-refractivity contribution in [3.05, 3.63) is 35.2 Å². The summed E-state index contributed by atoms with van der Waals surface area (Å²) in [7, 11) is 0. The molecule has 0 bridgehead atoms. The molecular weight excluding hydrogens is 302 g/mol. The molecule has 0 saturated carbocycles. The van der Waals surface area contributed by atoms with Gasteiger partial charge in [0.2, 0.25) is 5.89 Å². The Labute approximate surface area is 130 Å². The van der Waals surface area contributed by atoms with Crippen LogP contribution in [0.15, 0.2) is 22.9 Å². The molecule has 1 N–H and O–H groups in total. The summed E-state index contributed by atoms with van der Waals surface area (Å²) in [5.74, 6) is -0.00297. The second-order valence-corrected chi connectivity index (χ2v) is 6.91. The zero-order chi connectivity index (χ0) is 15.7. The molecule has 0 aliphatic rings. The van der Waals surface area contributed by atoms with Crippen molar-refractivity contribution in [2.24, 2.45) is 0 Å². The van der Waals surface area contributed by atoms with Crippen molar-refractivity contribution >= 4 is 27.5 Å². The molecule has 22 heavy (non-hydrogen) atoms. The average Bonchev–Trinajstić information content (AvgIpc) is 3.10. The van der Waals surface area contributed by atoms with Crippen molar-refractivity contribution < 1.29 is 9.21 Å². The number of nitrogens with zero attached hydrogens (tertiary/aromatic N) is 4. The highest BCUT2D eigenvalue weighted by Crippen LogP contribution is 2.21. The van der Waals surface area contributed by atoms with Crippen molar-refractivity contribution in [2.45, 2.75) is 32.7 Å². The van der Waals surface area contributed by atoms with Crippen LogP contribution >= 0.6 is 11.3 Å². The fraction of sp³-hybridized carbons (Fsp3) is 0.357. The number of fused-ring (bicyclic) bond motifs is 1. The van der Waals surface area contributed by atoms with Gasteiger partial charge in [-0.3, -0.25) is 9.78 Å². The summed E-state index contributed by atoms with van der Waals surface area (Å²) in [5, 5.41) is 11.2. The summed E-state index contributed by atoms with van der Waals surface area (Å²) in [4.78, 5) is 20.4. The van der Waals surface area contributed by atoms with Gasteiger partial charge in [-0.2, -0.15) is 0 Å². The Morgan fingerprint density at radius 1 is 1.36 bits per heavy atom. The van der Waals surface area contributed by atoms with Crippen LogP contribution in [0, 0.1) is 0 Å². The number of hydrogen-bond acceptors (Lipinski definition) is 7.